The Hall–Kier alpha value is -2.89. The lowest BCUT2D eigenvalue weighted by atomic mass is 9.68. The third-order valence-electron chi connectivity index (χ3n) is 6.11. The van der Waals surface area contributed by atoms with E-state index in [4.69, 9.17) is 4.74 Å². The number of anilines is 1. The average molecular weight is 411 g/mol. The molecule has 1 aliphatic rings. The summed E-state index contributed by atoms with van der Waals surface area (Å²) in [6.07, 6.45) is 5.57. The molecule has 0 spiro atoms. The van der Waals surface area contributed by atoms with Gasteiger partial charge in [-0.25, -0.2) is 0 Å². The van der Waals surface area contributed by atoms with Crippen molar-refractivity contribution in [2.75, 3.05) is 5.32 Å². The Morgan fingerprint density at radius 3 is 2.40 bits per heavy atom. The summed E-state index contributed by atoms with van der Waals surface area (Å²) in [5.74, 6) is 0.774. The average Bonchev–Trinajstić information content (AvgIpc) is 2.76. The lowest BCUT2D eigenvalue weighted by molar-refractivity contribution is -0.384. The Kier molecular flexibility index (Phi) is 6.75. The number of carbonyl (C=O) groups is 1. The first-order chi connectivity index (χ1) is 14.4. The van der Waals surface area contributed by atoms with Crippen LogP contribution in [0.3, 0.4) is 0 Å². The number of rotatable bonds is 7. The number of hydrogen-bond acceptors (Lipinski definition) is 4. The summed E-state index contributed by atoms with van der Waals surface area (Å²) in [5.41, 5.74) is 1.94. The van der Waals surface area contributed by atoms with Crippen LogP contribution in [0, 0.1) is 17.0 Å². The molecule has 160 valence electrons. The molecule has 3 rings (SSSR count). The summed E-state index contributed by atoms with van der Waals surface area (Å²) in [6.45, 7) is 6.09. The summed E-state index contributed by atoms with van der Waals surface area (Å²) < 4.78 is 5.92. The van der Waals surface area contributed by atoms with Crippen LogP contribution in [-0.2, 0) is 10.2 Å². The molecule has 0 aromatic heterocycles. The normalized spacial score (nSPS) is 16.5. The fourth-order valence-corrected chi connectivity index (χ4v) is 4.11. The molecular weight excluding hydrogens is 380 g/mol. The van der Waals surface area contributed by atoms with Crippen LogP contribution in [-0.4, -0.2) is 16.9 Å². The Bertz CT molecular complexity index is 902. The van der Waals surface area contributed by atoms with Crippen molar-refractivity contribution < 1.29 is 14.5 Å². The van der Waals surface area contributed by atoms with Gasteiger partial charge in [0.1, 0.15) is 5.75 Å². The lowest BCUT2D eigenvalue weighted by Gasteiger charge is -2.36. The SMILES string of the molecule is CC[C@@H](C)Oc1ccc(NC(=O)C2(c3ccc([N+](=O)[O-])cc3)CCCCC2)cc1C. The van der Waals surface area contributed by atoms with E-state index in [-0.39, 0.29) is 17.7 Å². The van der Waals surface area contributed by atoms with Crippen molar-refractivity contribution in [1.29, 1.82) is 0 Å². The molecule has 1 fully saturated rings. The Labute approximate surface area is 177 Å². The summed E-state index contributed by atoms with van der Waals surface area (Å²) in [4.78, 5) is 24.0. The molecule has 0 radical (unpaired) electrons. The van der Waals surface area contributed by atoms with Gasteiger partial charge in [0.25, 0.3) is 5.69 Å². The van der Waals surface area contributed by atoms with E-state index in [1.165, 1.54) is 12.1 Å². The molecule has 0 aliphatic heterocycles. The van der Waals surface area contributed by atoms with Crippen molar-refractivity contribution in [1.82, 2.24) is 0 Å². The summed E-state index contributed by atoms with van der Waals surface area (Å²) in [6, 6.07) is 12.1. The molecule has 1 N–H and O–H groups in total. The molecule has 2 aromatic carbocycles. The number of nitrogens with zero attached hydrogens (tertiary/aromatic N) is 1. The largest absolute Gasteiger partial charge is 0.490 e. The number of nitro benzene ring substituents is 1. The number of nitrogens with one attached hydrogen (secondary N) is 1. The van der Waals surface area contributed by atoms with Gasteiger partial charge in [-0.3, -0.25) is 14.9 Å². The lowest BCUT2D eigenvalue weighted by Crippen LogP contribution is -2.42. The molecule has 1 atom stereocenters. The maximum Gasteiger partial charge on any atom is 0.269 e. The first-order valence-electron chi connectivity index (χ1n) is 10.7. The molecule has 2 aromatic rings. The second kappa shape index (κ2) is 9.28. The second-order valence-electron chi connectivity index (χ2n) is 8.22. The van der Waals surface area contributed by atoms with E-state index in [0.29, 0.717) is 0 Å². The van der Waals surface area contributed by atoms with Crippen LogP contribution >= 0.6 is 0 Å². The summed E-state index contributed by atoms with van der Waals surface area (Å²) >= 11 is 0. The number of ether oxygens (including phenoxy) is 1. The highest BCUT2D eigenvalue weighted by Gasteiger charge is 2.41. The molecular formula is C24H30N2O4. The van der Waals surface area contributed by atoms with Gasteiger partial charge in [-0.05, 0) is 62.4 Å². The third-order valence-corrected chi connectivity index (χ3v) is 6.11. The number of non-ortho nitro benzene ring substituents is 1. The minimum absolute atomic E-state index is 0.0395. The van der Waals surface area contributed by atoms with E-state index in [1.54, 1.807) is 12.1 Å². The van der Waals surface area contributed by atoms with Crippen LogP contribution in [0.25, 0.3) is 0 Å². The predicted octanol–water partition coefficient (Wildman–Crippen LogP) is 5.92. The maximum atomic E-state index is 13.5. The van der Waals surface area contributed by atoms with Crippen LogP contribution in [0.1, 0.15) is 63.5 Å². The van der Waals surface area contributed by atoms with E-state index in [1.807, 2.05) is 32.0 Å². The van der Waals surface area contributed by atoms with E-state index < -0.39 is 10.3 Å². The molecule has 1 aliphatic carbocycles. The molecule has 1 saturated carbocycles. The highest BCUT2D eigenvalue weighted by molar-refractivity contribution is 5.99. The van der Waals surface area contributed by atoms with Gasteiger partial charge in [-0.2, -0.15) is 0 Å². The van der Waals surface area contributed by atoms with Gasteiger partial charge in [-0.1, -0.05) is 38.3 Å². The molecule has 6 heteroatoms. The Morgan fingerprint density at radius 1 is 1.17 bits per heavy atom. The molecule has 0 saturated heterocycles. The third kappa shape index (κ3) is 4.64. The fraction of sp³-hybridized carbons (Fsp3) is 0.458. The molecule has 30 heavy (non-hydrogen) atoms. The predicted molar refractivity (Wildman–Crippen MR) is 118 cm³/mol. The summed E-state index contributed by atoms with van der Waals surface area (Å²) in [7, 11) is 0. The van der Waals surface area contributed by atoms with Gasteiger partial charge in [0.05, 0.1) is 16.4 Å². The van der Waals surface area contributed by atoms with Gasteiger partial charge in [0.15, 0.2) is 0 Å². The zero-order valence-electron chi connectivity index (χ0n) is 17.9. The van der Waals surface area contributed by atoms with Crippen LogP contribution in [0.5, 0.6) is 5.75 Å². The maximum absolute atomic E-state index is 13.5. The van der Waals surface area contributed by atoms with Gasteiger partial charge in [0, 0.05) is 17.8 Å². The number of carbonyl (C=O) groups excluding carboxylic acids is 1. The van der Waals surface area contributed by atoms with Crippen LogP contribution in [0.4, 0.5) is 11.4 Å². The fourth-order valence-electron chi connectivity index (χ4n) is 4.11. The molecule has 0 heterocycles. The van der Waals surface area contributed by atoms with E-state index in [2.05, 4.69) is 12.2 Å². The number of hydrogen-bond donors (Lipinski definition) is 1. The van der Waals surface area contributed by atoms with Crippen molar-refractivity contribution in [3.8, 4) is 5.75 Å². The summed E-state index contributed by atoms with van der Waals surface area (Å²) in [5, 5.41) is 14.1. The van der Waals surface area contributed by atoms with Crippen molar-refractivity contribution in [3.05, 3.63) is 63.7 Å². The second-order valence-corrected chi connectivity index (χ2v) is 8.22. The number of aryl methyl sites for hydroxylation is 1. The standard InChI is InChI=1S/C24H30N2O4/c1-4-18(3)30-22-13-10-20(16-17(22)2)25-23(27)24(14-6-5-7-15-24)19-8-11-21(12-9-19)26(28)29/h8-13,16,18H,4-7,14-15H2,1-3H3,(H,25,27)/t18-/m1/s1. The molecule has 6 nitrogen and oxygen atoms in total. The smallest absolute Gasteiger partial charge is 0.269 e. The van der Waals surface area contributed by atoms with Crippen LogP contribution < -0.4 is 10.1 Å². The van der Waals surface area contributed by atoms with Crippen molar-refractivity contribution >= 4 is 17.3 Å². The first-order valence-corrected chi connectivity index (χ1v) is 10.7. The Morgan fingerprint density at radius 2 is 1.83 bits per heavy atom. The molecule has 0 unspecified atom stereocenters. The first kappa shape index (κ1) is 21.8. The van der Waals surface area contributed by atoms with E-state index >= 15 is 0 Å². The zero-order chi connectivity index (χ0) is 21.7. The van der Waals surface area contributed by atoms with Crippen LogP contribution in [0.15, 0.2) is 42.5 Å². The van der Waals surface area contributed by atoms with E-state index in [9.17, 15) is 14.9 Å². The molecule has 0 bridgehead atoms. The minimum atomic E-state index is -0.660. The van der Waals surface area contributed by atoms with Crippen molar-refractivity contribution in [2.24, 2.45) is 0 Å². The van der Waals surface area contributed by atoms with Crippen LogP contribution in [0.2, 0.25) is 0 Å². The number of benzene rings is 2. The quantitative estimate of drug-likeness (QED) is 0.454. The van der Waals surface area contributed by atoms with Gasteiger partial charge >= 0.3 is 0 Å². The van der Waals surface area contributed by atoms with Gasteiger partial charge < -0.3 is 10.1 Å². The van der Waals surface area contributed by atoms with Gasteiger partial charge in [-0.15, -0.1) is 0 Å². The van der Waals surface area contributed by atoms with E-state index in [0.717, 1.165) is 61.1 Å². The van der Waals surface area contributed by atoms with Crippen molar-refractivity contribution in [2.45, 2.75) is 70.8 Å². The molecule has 1 amide bonds. The Balaban J connectivity index is 1.84. The van der Waals surface area contributed by atoms with Gasteiger partial charge in [0.2, 0.25) is 5.91 Å². The topological polar surface area (TPSA) is 81.5 Å². The highest BCUT2D eigenvalue weighted by Crippen LogP contribution is 2.41. The minimum Gasteiger partial charge on any atom is -0.490 e. The number of nitro groups is 1. The highest BCUT2D eigenvalue weighted by atomic mass is 16.6. The van der Waals surface area contributed by atoms with Crippen molar-refractivity contribution in [3.63, 3.8) is 0 Å². The zero-order valence-corrected chi connectivity index (χ0v) is 17.9. The number of amides is 1. The monoisotopic (exact) mass is 410 g/mol.